The van der Waals surface area contributed by atoms with E-state index in [0.29, 0.717) is 23.0 Å². The first-order valence-corrected chi connectivity index (χ1v) is 6.15. The summed E-state index contributed by atoms with van der Waals surface area (Å²) >= 11 is 3.16. The topological polar surface area (TPSA) is 92.5 Å². The van der Waals surface area contributed by atoms with Gasteiger partial charge in [-0.2, -0.15) is 0 Å². The average Bonchev–Trinajstić information content (AvgIpc) is 3.08. The summed E-state index contributed by atoms with van der Waals surface area (Å²) in [5.41, 5.74) is -0.470. The highest BCUT2D eigenvalue weighted by Crippen LogP contribution is 2.46. The molecule has 2 rings (SSSR count). The number of carbonyl (C=O) groups is 1. The Balaban J connectivity index is 2.15. The molecule has 6 nitrogen and oxygen atoms in total. The number of carboxylic acids is 1. The third-order valence-electron chi connectivity index (χ3n) is 3.08. The molecule has 1 aliphatic carbocycles. The number of rotatable bonds is 5. The third kappa shape index (κ3) is 2.45. The van der Waals surface area contributed by atoms with Crippen LogP contribution in [-0.2, 0) is 4.79 Å². The van der Waals surface area contributed by atoms with Gasteiger partial charge in [0.15, 0.2) is 0 Å². The van der Waals surface area contributed by atoms with E-state index < -0.39 is 16.3 Å². The fourth-order valence-electron chi connectivity index (χ4n) is 1.69. The zero-order valence-corrected chi connectivity index (χ0v) is 10.9. The molecule has 1 aromatic rings. The molecule has 0 unspecified atom stereocenters. The van der Waals surface area contributed by atoms with E-state index in [1.165, 1.54) is 6.07 Å². The first kappa shape index (κ1) is 12.8. The van der Waals surface area contributed by atoms with E-state index in [2.05, 4.69) is 21.2 Å². The van der Waals surface area contributed by atoms with Crippen LogP contribution in [0.3, 0.4) is 0 Å². The van der Waals surface area contributed by atoms with Crippen LogP contribution in [0.2, 0.25) is 0 Å². The molecule has 1 fully saturated rings. The number of nitrogens with zero attached hydrogens (tertiary/aromatic N) is 1. The lowest BCUT2D eigenvalue weighted by Crippen LogP contribution is -2.24. The molecule has 1 saturated carbocycles. The van der Waals surface area contributed by atoms with Crippen molar-refractivity contribution in [3.8, 4) is 0 Å². The van der Waals surface area contributed by atoms with Gasteiger partial charge in [-0.25, -0.2) is 0 Å². The highest BCUT2D eigenvalue weighted by molar-refractivity contribution is 9.10. The quantitative estimate of drug-likeness (QED) is 0.643. The number of halogens is 1. The van der Waals surface area contributed by atoms with Crippen molar-refractivity contribution in [3.63, 3.8) is 0 Å². The summed E-state index contributed by atoms with van der Waals surface area (Å²) in [5.74, 6) is -0.852. The van der Waals surface area contributed by atoms with Crippen LogP contribution in [0.1, 0.15) is 12.8 Å². The van der Waals surface area contributed by atoms with E-state index in [1.807, 2.05) is 0 Å². The van der Waals surface area contributed by atoms with Crippen LogP contribution in [0.25, 0.3) is 0 Å². The number of nitro groups is 1. The lowest BCUT2D eigenvalue weighted by molar-refractivity contribution is -0.384. The monoisotopic (exact) mass is 314 g/mol. The van der Waals surface area contributed by atoms with Crippen molar-refractivity contribution < 1.29 is 14.8 Å². The molecule has 0 heterocycles. The van der Waals surface area contributed by atoms with Crippen molar-refractivity contribution >= 4 is 33.3 Å². The molecule has 1 aliphatic rings. The Kier molecular flexibility index (Phi) is 3.25. The molecule has 0 atom stereocenters. The third-order valence-corrected chi connectivity index (χ3v) is 3.57. The predicted molar refractivity (Wildman–Crippen MR) is 68.6 cm³/mol. The van der Waals surface area contributed by atoms with Crippen LogP contribution < -0.4 is 5.32 Å². The standard InChI is InChI=1S/C11H11BrN2O4/c12-7-1-2-8(9(5-7)14(17)18)13-6-11(3-4-11)10(15)16/h1-2,5,13H,3-4,6H2,(H,15,16). The Morgan fingerprint density at radius 2 is 2.22 bits per heavy atom. The number of benzene rings is 1. The maximum absolute atomic E-state index is 11.0. The number of hydrogen-bond donors (Lipinski definition) is 2. The average molecular weight is 315 g/mol. The molecular formula is C11H11BrN2O4. The fraction of sp³-hybridized carbons (Fsp3) is 0.364. The van der Waals surface area contributed by atoms with E-state index in [9.17, 15) is 14.9 Å². The molecule has 96 valence electrons. The Hall–Kier alpha value is -1.63. The largest absolute Gasteiger partial charge is 0.481 e. The second kappa shape index (κ2) is 4.56. The van der Waals surface area contributed by atoms with Crippen LogP contribution in [-0.4, -0.2) is 22.5 Å². The van der Waals surface area contributed by atoms with Crippen LogP contribution in [0, 0.1) is 15.5 Å². The molecule has 0 amide bonds. The number of nitro benzene ring substituents is 1. The van der Waals surface area contributed by atoms with Crippen molar-refractivity contribution in [3.05, 3.63) is 32.8 Å². The Morgan fingerprint density at radius 1 is 1.56 bits per heavy atom. The van der Waals surface area contributed by atoms with Gasteiger partial charge in [-0.3, -0.25) is 14.9 Å². The first-order valence-electron chi connectivity index (χ1n) is 5.36. The fourth-order valence-corrected chi connectivity index (χ4v) is 2.04. The van der Waals surface area contributed by atoms with Crippen LogP contribution in [0.4, 0.5) is 11.4 Å². The maximum Gasteiger partial charge on any atom is 0.311 e. The van der Waals surface area contributed by atoms with E-state index >= 15 is 0 Å². The Morgan fingerprint density at radius 3 is 2.72 bits per heavy atom. The summed E-state index contributed by atoms with van der Waals surface area (Å²) in [5, 5.41) is 22.8. The van der Waals surface area contributed by atoms with E-state index in [-0.39, 0.29) is 12.2 Å². The smallest absolute Gasteiger partial charge is 0.311 e. The summed E-state index contributed by atoms with van der Waals surface area (Å²) in [6.07, 6.45) is 1.22. The summed E-state index contributed by atoms with van der Waals surface area (Å²) in [6.45, 7) is 0.213. The van der Waals surface area contributed by atoms with Crippen LogP contribution in [0.5, 0.6) is 0 Å². The van der Waals surface area contributed by atoms with Gasteiger partial charge in [-0.1, -0.05) is 15.9 Å². The van der Waals surface area contributed by atoms with Crippen molar-refractivity contribution in [2.24, 2.45) is 5.41 Å². The van der Waals surface area contributed by atoms with Gasteiger partial charge < -0.3 is 10.4 Å². The number of anilines is 1. The Bertz CT molecular complexity index is 514. The molecule has 18 heavy (non-hydrogen) atoms. The highest BCUT2D eigenvalue weighted by atomic mass is 79.9. The van der Waals surface area contributed by atoms with Crippen LogP contribution in [0.15, 0.2) is 22.7 Å². The zero-order chi connectivity index (χ0) is 13.3. The van der Waals surface area contributed by atoms with Crippen molar-refractivity contribution in [2.75, 3.05) is 11.9 Å². The molecule has 0 spiro atoms. The lowest BCUT2D eigenvalue weighted by Gasteiger charge is -2.12. The normalized spacial score (nSPS) is 16.1. The molecular weight excluding hydrogens is 304 g/mol. The van der Waals surface area contributed by atoms with Crippen molar-refractivity contribution in [1.82, 2.24) is 0 Å². The minimum Gasteiger partial charge on any atom is -0.481 e. The molecule has 0 bridgehead atoms. The van der Waals surface area contributed by atoms with Gasteiger partial charge in [-0.05, 0) is 25.0 Å². The lowest BCUT2D eigenvalue weighted by atomic mass is 10.1. The SMILES string of the molecule is O=C(O)C1(CNc2ccc(Br)cc2[N+](=O)[O-])CC1. The van der Waals surface area contributed by atoms with Gasteiger partial charge in [0.1, 0.15) is 5.69 Å². The number of hydrogen-bond acceptors (Lipinski definition) is 4. The zero-order valence-electron chi connectivity index (χ0n) is 9.35. The van der Waals surface area contributed by atoms with Gasteiger partial charge in [0, 0.05) is 17.1 Å². The maximum atomic E-state index is 11.0. The van der Waals surface area contributed by atoms with Crippen molar-refractivity contribution in [2.45, 2.75) is 12.8 Å². The van der Waals surface area contributed by atoms with E-state index in [0.717, 1.165) is 0 Å². The number of carboxylic acid groups (broad SMARTS) is 1. The highest BCUT2D eigenvalue weighted by Gasteiger charge is 2.50. The van der Waals surface area contributed by atoms with Gasteiger partial charge in [-0.15, -0.1) is 0 Å². The minimum absolute atomic E-state index is 0.0643. The van der Waals surface area contributed by atoms with E-state index in [4.69, 9.17) is 5.11 Å². The molecule has 1 aromatic carbocycles. The summed E-state index contributed by atoms with van der Waals surface area (Å²) in [7, 11) is 0. The molecule has 0 radical (unpaired) electrons. The summed E-state index contributed by atoms with van der Waals surface area (Å²) in [6, 6.07) is 4.64. The van der Waals surface area contributed by atoms with Gasteiger partial charge in [0.2, 0.25) is 0 Å². The van der Waals surface area contributed by atoms with Gasteiger partial charge >= 0.3 is 5.97 Å². The second-order valence-electron chi connectivity index (χ2n) is 4.36. The van der Waals surface area contributed by atoms with Crippen molar-refractivity contribution in [1.29, 1.82) is 0 Å². The molecule has 0 aromatic heterocycles. The predicted octanol–water partition coefficient (Wildman–Crippen LogP) is 2.63. The molecule has 2 N–H and O–H groups in total. The minimum atomic E-state index is -0.852. The number of aliphatic carboxylic acids is 1. The first-order chi connectivity index (χ1) is 8.44. The summed E-state index contributed by atoms with van der Waals surface area (Å²) in [4.78, 5) is 21.4. The van der Waals surface area contributed by atoms with Crippen LogP contribution >= 0.6 is 15.9 Å². The second-order valence-corrected chi connectivity index (χ2v) is 5.27. The molecule has 7 heteroatoms. The van der Waals surface area contributed by atoms with Gasteiger partial charge in [0.05, 0.1) is 10.3 Å². The summed E-state index contributed by atoms with van der Waals surface area (Å²) < 4.78 is 0.610. The Labute approximate surface area is 111 Å². The number of nitrogens with one attached hydrogen (secondary N) is 1. The van der Waals surface area contributed by atoms with E-state index in [1.54, 1.807) is 12.1 Å². The molecule has 0 aliphatic heterocycles. The van der Waals surface area contributed by atoms with Gasteiger partial charge in [0.25, 0.3) is 5.69 Å². The molecule has 0 saturated heterocycles.